The summed E-state index contributed by atoms with van der Waals surface area (Å²) >= 11 is 0. The Morgan fingerprint density at radius 2 is 2.25 bits per heavy atom. The average molecular weight is 220 g/mol. The van der Waals surface area contributed by atoms with Crippen LogP contribution in [0.15, 0.2) is 24.3 Å². The van der Waals surface area contributed by atoms with Gasteiger partial charge >= 0.3 is 6.09 Å². The maximum Gasteiger partial charge on any atom is 0.414 e. The molecule has 1 unspecified atom stereocenters. The Bertz CT molecular complexity index is 456. The summed E-state index contributed by atoms with van der Waals surface area (Å²) in [6, 6.07) is 7.91. The summed E-state index contributed by atoms with van der Waals surface area (Å²) < 4.78 is 18.2. The molecule has 1 fully saturated rings. The van der Waals surface area contributed by atoms with Crippen molar-refractivity contribution in [2.75, 3.05) is 18.1 Å². The molecule has 1 aromatic rings. The standard InChI is InChI=1S/C11H9FN2O2/c12-9-3-1-2-4-10(9)14-6-8(5-13)7-16-11(14)15/h1-4,8H,6-7H2. The molecule has 1 aliphatic heterocycles. The first-order valence-corrected chi connectivity index (χ1v) is 4.81. The topological polar surface area (TPSA) is 53.3 Å². The Kier molecular flexibility index (Phi) is 2.73. The van der Waals surface area contributed by atoms with Crippen molar-refractivity contribution in [1.82, 2.24) is 0 Å². The molecule has 0 N–H and O–H groups in total. The van der Waals surface area contributed by atoms with Crippen LogP contribution in [0.5, 0.6) is 0 Å². The van der Waals surface area contributed by atoms with Gasteiger partial charge in [0.1, 0.15) is 12.4 Å². The van der Waals surface area contributed by atoms with Gasteiger partial charge in [0.15, 0.2) is 0 Å². The van der Waals surface area contributed by atoms with Crippen molar-refractivity contribution in [2.45, 2.75) is 0 Å². The first-order chi connectivity index (χ1) is 7.72. The van der Waals surface area contributed by atoms with Gasteiger partial charge in [-0.3, -0.25) is 4.90 Å². The molecule has 16 heavy (non-hydrogen) atoms. The molecule has 2 rings (SSSR count). The third-order valence-corrected chi connectivity index (χ3v) is 2.36. The summed E-state index contributed by atoms with van der Waals surface area (Å²) in [5.41, 5.74) is 0.146. The van der Waals surface area contributed by atoms with Gasteiger partial charge < -0.3 is 4.74 Å². The number of benzene rings is 1. The van der Waals surface area contributed by atoms with E-state index < -0.39 is 17.8 Å². The van der Waals surface area contributed by atoms with Crippen LogP contribution >= 0.6 is 0 Å². The van der Waals surface area contributed by atoms with E-state index in [1.54, 1.807) is 6.07 Å². The minimum Gasteiger partial charge on any atom is -0.448 e. The molecular formula is C11H9FN2O2. The lowest BCUT2D eigenvalue weighted by Crippen LogP contribution is -2.43. The Morgan fingerprint density at radius 1 is 1.50 bits per heavy atom. The predicted molar refractivity (Wildman–Crippen MR) is 54.2 cm³/mol. The lowest BCUT2D eigenvalue weighted by atomic mass is 10.1. The number of ether oxygens (including phenoxy) is 1. The Morgan fingerprint density at radius 3 is 2.94 bits per heavy atom. The third-order valence-electron chi connectivity index (χ3n) is 2.36. The molecule has 82 valence electrons. The SMILES string of the molecule is N#CC1COC(=O)N(c2ccccc2F)C1. The summed E-state index contributed by atoms with van der Waals surface area (Å²) in [7, 11) is 0. The molecule has 0 aliphatic carbocycles. The van der Waals surface area contributed by atoms with Crippen molar-refractivity contribution in [3.8, 4) is 6.07 Å². The molecule has 5 heteroatoms. The van der Waals surface area contributed by atoms with Crippen molar-refractivity contribution < 1.29 is 13.9 Å². The fourth-order valence-corrected chi connectivity index (χ4v) is 1.54. The first kappa shape index (κ1) is 10.4. The summed E-state index contributed by atoms with van der Waals surface area (Å²) in [5.74, 6) is -0.921. The molecule has 1 aromatic carbocycles. The number of cyclic esters (lactones) is 1. The second-order valence-electron chi connectivity index (χ2n) is 3.46. The van der Waals surface area contributed by atoms with Crippen molar-refractivity contribution in [3.63, 3.8) is 0 Å². The van der Waals surface area contributed by atoms with Gasteiger partial charge in [-0.25, -0.2) is 9.18 Å². The van der Waals surface area contributed by atoms with Gasteiger partial charge in [-0.15, -0.1) is 0 Å². The second-order valence-corrected chi connectivity index (χ2v) is 3.46. The maximum absolute atomic E-state index is 13.4. The molecule has 1 amide bonds. The van der Waals surface area contributed by atoms with Gasteiger partial charge in [-0.1, -0.05) is 12.1 Å². The third kappa shape index (κ3) is 1.82. The molecule has 0 saturated carbocycles. The smallest absolute Gasteiger partial charge is 0.414 e. The molecule has 4 nitrogen and oxygen atoms in total. The van der Waals surface area contributed by atoms with Crippen LogP contribution in [-0.2, 0) is 4.74 Å². The van der Waals surface area contributed by atoms with E-state index in [2.05, 4.69) is 0 Å². The van der Waals surface area contributed by atoms with Crippen LogP contribution in [0.25, 0.3) is 0 Å². The zero-order valence-electron chi connectivity index (χ0n) is 8.39. The Labute approximate surface area is 91.8 Å². The lowest BCUT2D eigenvalue weighted by Gasteiger charge is -2.29. The minimum atomic E-state index is -0.614. The zero-order valence-corrected chi connectivity index (χ0v) is 8.39. The van der Waals surface area contributed by atoms with E-state index >= 15 is 0 Å². The van der Waals surface area contributed by atoms with Gasteiger partial charge in [0.05, 0.1) is 17.7 Å². The minimum absolute atomic E-state index is 0.0697. The molecule has 1 aliphatic rings. The van der Waals surface area contributed by atoms with Crippen molar-refractivity contribution in [2.24, 2.45) is 5.92 Å². The highest BCUT2D eigenvalue weighted by molar-refractivity contribution is 5.88. The highest BCUT2D eigenvalue weighted by atomic mass is 19.1. The highest BCUT2D eigenvalue weighted by Crippen LogP contribution is 2.23. The maximum atomic E-state index is 13.4. The first-order valence-electron chi connectivity index (χ1n) is 4.81. The number of carbonyl (C=O) groups excluding carboxylic acids is 1. The van der Waals surface area contributed by atoms with E-state index in [1.807, 2.05) is 6.07 Å². The molecular weight excluding hydrogens is 211 g/mol. The predicted octanol–water partition coefficient (Wildman–Crippen LogP) is 1.92. The van der Waals surface area contributed by atoms with Gasteiger partial charge in [0.25, 0.3) is 0 Å². The van der Waals surface area contributed by atoms with Crippen LogP contribution in [0, 0.1) is 23.1 Å². The fourth-order valence-electron chi connectivity index (χ4n) is 1.54. The van der Waals surface area contributed by atoms with E-state index in [0.29, 0.717) is 0 Å². The molecule has 0 radical (unpaired) electrons. The monoisotopic (exact) mass is 220 g/mol. The Balaban J connectivity index is 2.29. The number of amides is 1. The lowest BCUT2D eigenvalue weighted by molar-refractivity contribution is 0.127. The van der Waals surface area contributed by atoms with Crippen LogP contribution in [0.3, 0.4) is 0 Å². The van der Waals surface area contributed by atoms with Gasteiger partial charge in [0.2, 0.25) is 0 Å². The van der Waals surface area contributed by atoms with Crippen LogP contribution in [-0.4, -0.2) is 19.2 Å². The summed E-state index contributed by atoms with van der Waals surface area (Å²) in [6.45, 7) is 0.233. The average Bonchev–Trinajstić information content (AvgIpc) is 2.31. The normalized spacial score (nSPS) is 20.1. The number of halogens is 1. The van der Waals surface area contributed by atoms with E-state index in [1.165, 1.54) is 18.2 Å². The summed E-state index contributed by atoms with van der Waals surface area (Å²) in [4.78, 5) is 12.6. The van der Waals surface area contributed by atoms with E-state index in [9.17, 15) is 9.18 Å². The van der Waals surface area contributed by atoms with Crippen LogP contribution in [0.1, 0.15) is 0 Å². The van der Waals surface area contributed by atoms with Crippen molar-refractivity contribution in [1.29, 1.82) is 5.26 Å². The van der Waals surface area contributed by atoms with Crippen LogP contribution < -0.4 is 4.90 Å². The number of para-hydroxylation sites is 1. The molecule has 1 atom stereocenters. The number of hydrogen-bond donors (Lipinski definition) is 0. The van der Waals surface area contributed by atoms with Crippen molar-refractivity contribution >= 4 is 11.8 Å². The van der Waals surface area contributed by atoms with Crippen LogP contribution in [0.2, 0.25) is 0 Å². The number of hydrogen-bond acceptors (Lipinski definition) is 3. The number of carbonyl (C=O) groups is 1. The molecule has 0 aromatic heterocycles. The highest BCUT2D eigenvalue weighted by Gasteiger charge is 2.29. The van der Waals surface area contributed by atoms with Crippen molar-refractivity contribution in [3.05, 3.63) is 30.1 Å². The summed E-state index contributed by atoms with van der Waals surface area (Å²) in [5, 5.41) is 8.75. The van der Waals surface area contributed by atoms with Gasteiger partial charge in [0, 0.05) is 6.54 Å². The second kappa shape index (κ2) is 4.19. The van der Waals surface area contributed by atoms with E-state index in [0.717, 1.165) is 4.90 Å². The van der Waals surface area contributed by atoms with Crippen LogP contribution in [0.4, 0.5) is 14.9 Å². The summed E-state index contributed by atoms with van der Waals surface area (Å²) in [6.07, 6.45) is -0.614. The molecule has 1 heterocycles. The number of anilines is 1. The zero-order chi connectivity index (χ0) is 11.5. The molecule has 0 bridgehead atoms. The van der Waals surface area contributed by atoms with E-state index in [4.69, 9.17) is 10.00 Å². The van der Waals surface area contributed by atoms with E-state index in [-0.39, 0.29) is 18.8 Å². The quantitative estimate of drug-likeness (QED) is 0.726. The number of rotatable bonds is 1. The fraction of sp³-hybridized carbons (Fsp3) is 0.273. The van der Waals surface area contributed by atoms with Gasteiger partial charge in [-0.05, 0) is 12.1 Å². The molecule has 0 spiro atoms. The molecule has 1 saturated heterocycles. The Hall–Kier alpha value is -2.09. The van der Waals surface area contributed by atoms with Gasteiger partial charge in [-0.2, -0.15) is 5.26 Å². The largest absolute Gasteiger partial charge is 0.448 e. The number of nitrogens with zero attached hydrogens (tertiary/aromatic N) is 2. The number of nitriles is 1.